The number of nitrogens with two attached hydrogens (primary N) is 1. The first-order valence-corrected chi connectivity index (χ1v) is 7.89. The lowest BCUT2D eigenvalue weighted by Crippen LogP contribution is -2.37. The molecule has 1 aromatic carbocycles. The molecule has 0 saturated heterocycles. The lowest BCUT2D eigenvalue weighted by molar-refractivity contribution is 0.0945. The Labute approximate surface area is 127 Å². The molecule has 0 spiro atoms. The van der Waals surface area contributed by atoms with E-state index in [1.54, 1.807) is 0 Å². The Morgan fingerprint density at radius 2 is 2.14 bits per heavy atom. The van der Waals surface area contributed by atoms with Crippen LogP contribution < -0.4 is 11.1 Å². The van der Waals surface area contributed by atoms with Crippen LogP contribution in [0.1, 0.15) is 31.7 Å². The minimum absolute atomic E-state index is 0.373. The third-order valence-corrected chi connectivity index (χ3v) is 3.88. The summed E-state index contributed by atoms with van der Waals surface area (Å²) in [6.07, 6.45) is 4.01. The summed E-state index contributed by atoms with van der Waals surface area (Å²) in [5.41, 5.74) is 7.07. The van der Waals surface area contributed by atoms with Crippen molar-refractivity contribution in [1.82, 2.24) is 5.32 Å². The van der Waals surface area contributed by atoms with E-state index in [-0.39, 0.29) is 0 Å². The van der Waals surface area contributed by atoms with Crippen molar-refractivity contribution in [2.45, 2.75) is 32.8 Å². The molecule has 1 saturated carbocycles. The Bertz CT molecular complexity index is 429. The largest absolute Gasteiger partial charge is 0.376 e. The summed E-state index contributed by atoms with van der Waals surface area (Å²) in [4.78, 5) is 4.38. The molecular formula is C17H27N3O. The van der Waals surface area contributed by atoms with Crippen molar-refractivity contribution in [3.63, 3.8) is 0 Å². The highest BCUT2D eigenvalue weighted by atomic mass is 16.5. The summed E-state index contributed by atoms with van der Waals surface area (Å²) in [5, 5.41) is 3.21. The van der Waals surface area contributed by atoms with Crippen LogP contribution in [-0.2, 0) is 11.3 Å². The predicted octanol–water partition coefficient (Wildman–Crippen LogP) is 2.54. The number of ether oxygens (including phenoxy) is 1. The molecular weight excluding hydrogens is 262 g/mol. The molecule has 4 heteroatoms. The maximum Gasteiger partial charge on any atom is 0.188 e. The number of hydrogen-bond donors (Lipinski definition) is 2. The second kappa shape index (κ2) is 8.67. The Kier molecular flexibility index (Phi) is 6.54. The average molecular weight is 289 g/mol. The maximum absolute atomic E-state index is 5.87. The van der Waals surface area contributed by atoms with Gasteiger partial charge in [-0.15, -0.1) is 0 Å². The van der Waals surface area contributed by atoms with Gasteiger partial charge in [0.1, 0.15) is 0 Å². The van der Waals surface area contributed by atoms with Crippen LogP contribution >= 0.6 is 0 Å². The summed E-state index contributed by atoms with van der Waals surface area (Å²) in [5.74, 6) is 1.74. The fourth-order valence-electron chi connectivity index (χ4n) is 2.26. The fraction of sp³-hybridized carbons (Fsp3) is 0.588. The monoisotopic (exact) mass is 289 g/mol. The highest BCUT2D eigenvalue weighted by Gasteiger charge is 2.16. The molecule has 0 heterocycles. The van der Waals surface area contributed by atoms with Gasteiger partial charge in [0.05, 0.1) is 13.2 Å². The lowest BCUT2D eigenvalue weighted by atomic mass is 9.85. The molecule has 3 N–H and O–H groups in total. The number of nitrogens with one attached hydrogen (secondary N) is 1. The first-order chi connectivity index (χ1) is 10.2. The van der Waals surface area contributed by atoms with Gasteiger partial charge in [0.2, 0.25) is 0 Å². The molecule has 1 aliphatic rings. The van der Waals surface area contributed by atoms with Crippen LogP contribution in [0.5, 0.6) is 0 Å². The van der Waals surface area contributed by atoms with E-state index in [9.17, 15) is 0 Å². The number of rotatable bonds is 8. The number of nitrogens with zero attached hydrogens (tertiary/aromatic N) is 1. The van der Waals surface area contributed by atoms with Gasteiger partial charge in [0.25, 0.3) is 0 Å². The van der Waals surface area contributed by atoms with Crippen molar-refractivity contribution in [3.05, 3.63) is 35.9 Å². The molecule has 0 bridgehead atoms. The van der Waals surface area contributed by atoms with Gasteiger partial charge in [-0.05, 0) is 30.2 Å². The molecule has 0 radical (unpaired) electrons. The molecule has 1 atom stereocenters. The molecule has 1 unspecified atom stereocenters. The van der Waals surface area contributed by atoms with Crippen LogP contribution in [0, 0.1) is 11.8 Å². The summed E-state index contributed by atoms with van der Waals surface area (Å²) in [6.45, 7) is 5.17. The van der Waals surface area contributed by atoms with E-state index in [0.717, 1.165) is 12.5 Å². The van der Waals surface area contributed by atoms with Gasteiger partial charge < -0.3 is 15.8 Å². The van der Waals surface area contributed by atoms with E-state index in [1.165, 1.54) is 24.8 Å². The summed E-state index contributed by atoms with van der Waals surface area (Å²) in [7, 11) is 0. The summed E-state index contributed by atoms with van der Waals surface area (Å²) >= 11 is 0. The lowest BCUT2D eigenvalue weighted by Gasteiger charge is -2.25. The first kappa shape index (κ1) is 15.8. The van der Waals surface area contributed by atoms with Crippen LogP contribution in [0.4, 0.5) is 0 Å². The Balaban J connectivity index is 1.56. The van der Waals surface area contributed by atoms with Gasteiger partial charge in [0.15, 0.2) is 5.96 Å². The van der Waals surface area contributed by atoms with Crippen molar-refractivity contribution in [1.29, 1.82) is 0 Å². The van der Waals surface area contributed by atoms with Gasteiger partial charge in [-0.3, -0.25) is 4.99 Å². The minimum Gasteiger partial charge on any atom is -0.376 e. The van der Waals surface area contributed by atoms with Gasteiger partial charge >= 0.3 is 0 Å². The highest BCUT2D eigenvalue weighted by molar-refractivity contribution is 5.77. The topological polar surface area (TPSA) is 59.6 Å². The number of guanidine groups is 1. The van der Waals surface area contributed by atoms with E-state index in [4.69, 9.17) is 10.5 Å². The fourth-order valence-corrected chi connectivity index (χ4v) is 2.26. The molecule has 0 aromatic heterocycles. The zero-order chi connectivity index (χ0) is 14.9. The van der Waals surface area contributed by atoms with Crippen molar-refractivity contribution in [2.24, 2.45) is 22.6 Å². The van der Waals surface area contributed by atoms with Crippen LogP contribution in [0.25, 0.3) is 0 Å². The van der Waals surface area contributed by atoms with Crippen LogP contribution in [0.15, 0.2) is 35.3 Å². The molecule has 0 aliphatic heterocycles. The predicted molar refractivity (Wildman–Crippen MR) is 87.1 cm³/mol. The van der Waals surface area contributed by atoms with Crippen LogP contribution in [0.3, 0.4) is 0 Å². The maximum atomic E-state index is 5.87. The van der Waals surface area contributed by atoms with Crippen molar-refractivity contribution >= 4 is 5.96 Å². The third-order valence-electron chi connectivity index (χ3n) is 3.88. The van der Waals surface area contributed by atoms with Gasteiger partial charge in [-0.25, -0.2) is 0 Å². The Hall–Kier alpha value is -1.55. The molecule has 0 amide bonds. The molecule has 21 heavy (non-hydrogen) atoms. The SMILES string of the molecule is CC(CN=C(N)NCC1CCC1)COCc1ccccc1. The van der Waals surface area contributed by atoms with Crippen molar-refractivity contribution in [2.75, 3.05) is 19.7 Å². The second-order valence-corrected chi connectivity index (χ2v) is 6.01. The van der Waals surface area contributed by atoms with E-state index < -0.39 is 0 Å². The van der Waals surface area contributed by atoms with Crippen LogP contribution in [0.2, 0.25) is 0 Å². The quantitative estimate of drug-likeness (QED) is 0.571. The van der Waals surface area contributed by atoms with Gasteiger partial charge in [0, 0.05) is 13.1 Å². The molecule has 1 aromatic rings. The summed E-state index contributed by atoms with van der Waals surface area (Å²) < 4.78 is 5.71. The van der Waals surface area contributed by atoms with Gasteiger partial charge in [-0.1, -0.05) is 43.7 Å². The van der Waals surface area contributed by atoms with E-state index >= 15 is 0 Å². The molecule has 1 fully saturated rings. The molecule has 4 nitrogen and oxygen atoms in total. The number of hydrogen-bond acceptors (Lipinski definition) is 2. The number of benzene rings is 1. The Morgan fingerprint density at radius 1 is 1.38 bits per heavy atom. The highest BCUT2D eigenvalue weighted by Crippen LogP contribution is 2.24. The van der Waals surface area contributed by atoms with Crippen molar-refractivity contribution < 1.29 is 4.74 Å². The normalized spacial score (nSPS) is 17.3. The molecule has 116 valence electrons. The summed E-state index contributed by atoms with van der Waals surface area (Å²) in [6, 6.07) is 10.2. The zero-order valence-corrected chi connectivity index (χ0v) is 12.9. The average Bonchev–Trinajstić information content (AvgIpc) is 2.45. The second-order valence-electron chi connectivity index (χ2n) is 6.01. The van der Waals surface area contributed by atoms with Gasteiger partial charge in [-0.2, -0.15) is 0 Å². The molecule has 2 rings (SSSR count). The molecule has 1 aliphatic carbocycles. The third kappa shape index (κ3) is 6.17. The standard InChI is InChI=1S/C17H27N3O/c1-14(12-21-13-16-6-3-2-4-7-16)10-19-17(18)20-11-15-8-5-9-15/h2-4,6-7,14-15H,5,8-13H2,1H3,(H3,18,19,20). The Morgan fingerprint density at radius 3 is 2.81 bits per heavy atom. The van der Waals surface area contributed by atoms with E-state index in [1.807, 2.05) is 18.2 Å². The number of aliphatic imine (C=N–C) groups is 1. The van der Waals surface area contributed by atoms with E-state index in [2.05, 4.69) is 29.4 Å². The minimum atomic E-state index is 0.373. The smallest absolute Gasteiger partial charge is 0.188 e. The zero-order valence-electron chi connectivity index (χ0n) is 12.9. The van der Waals surface area contributed by atoms with Crippen LogP contribution in [-0.4, -0.2) is 25.7 Å². The first-order valence-electron chi connectivity index (χ1n) is 7.89. The van der Waals surface area contributed by atoms with Crippen molar-refractivity contribution in [3.8, 4) is 0 Å². The van der Waals surface area contributed by atoms with E-state index in [0.29, 0.717) is 31.6 Å².